The molecule has 0 radical (unpaired) electrons. The lowest BCUT2D eigenvalue weighted by Gasteiger charge is -2.23. The highest BCUT2D eigenvalue weighted by Gasteiger charge is 2.14. The number of likely N-dealkylation sites (N-methyl/N-ethyl adjacent to an activating group) is 1. The minimum Gasteiger partial charge on any atom is -0.396 e. The molecular formula is C21H47IN3O5P. The zero-order valence-electron chi connectivity index (χ0n) is 20.7. The van der Waals surface area contributed by atoms with Gasteiger partial charge in [0.2, 0.25) is 0 Å². The van der Waals surface area contributed by atoms with E-state index in [1.54, 1.807) is 23.0 Å². The number of rotatable bonds is 18. The zero-order valence-corrected chi connectivity index (χ0v) is 23.7. The molecule has 8 nitrogen and oxygen atoms in total. The lowest BCUT2D eigenvalue weighted by molar-refractivity contribution is -0.181. The quantitative estimate of drug-likeness (QED) is 0.0689. The Bertz CT molecular complexity index is 377. The summed E-state index contributed by atoms with van der Waals surface area (Å²) in [6, 6.07) is 2.51. The highest BCUT2D eigenvalue weighted by molar-refractivity contribution is 14.1. The van der Waals surface area contributed by atoms with Crippen LogP contribution in [-0.2, 0) is 17.4 Å². The topological polar surface area (TPSA) is 105 Å². The van der Waals surface area contributed by atoms with Gasteiger partial charge >= 0.3 is 0 Å². The van der Waals surface area contributed by atoms with E-state index in [-0.39, 0.29) is 12.5 Å². The van der Waals surface area contributed by atoms with Gasteiger partial charge in [0, 0.05) is 37.4 Å². The van der Waals surface area contributed by atoms with Gasteiger partial charge in [-0.2, -0.15) is 8.48 Å². The Hall–Kier alpha value is 0.370. The number of aliphatic hydroxyl groups excluding tert-OH is 1. The first-order valence-electron chi connectivity index (χ1n) is 11.3. The van der Waals surface area contributed by atoms with Gasteiger partial charge in [-0.05, 0) is 33.2 Å². The van der Waals surface area contributed by atoms with E-state index in [0.717, 1.165) is 39.1 Å². The molecule has 10 heteroatoms. The molecule has 0 aromatic heterocycles. The van der Waals surface area contributed by atoms with Crippen LogP contribution in [0.25, 0.3) is 0 Å². The highest BCUT2D eigenvalue weighted by atomic mass is 127. The third-order valence-electron chi connectivity index (χ3n) is 3.48. The van der Waals surface area contributed by atoms with Crippen molar-refractivity contribution in [1.82, 2.24) is 10.4 Å². The Labute approximate surface area is 206 Å². The SMILES string of the molecule is CC.CC(C)NP(OCCC#N)C(C)C.CCNCCOCCCC(CO)COOI. The fourth-order valence-corrected chi connectivity index (χ4v) is 3.64. The second-order valence-electron chi connectivity index (χ2n) is 6.95. The van der Waals surface area contributed by atoms with Crippen molar-refractivity contribution in [3.63, 3.8) is 0 Å². The van der Waals surface area contributed by atoms with Gasteiger partial charge in [0.05, 0.1) is 32.3 Å². The van der Waals surface area contributed by atoms with Crippen LogP contribution in [0.15, 0.2) is 0 Å². The van der Waals surface area contributed by atoms with Crippen LogP contribution in [0.1, 0.15) is 67.7 Å². The minimum absolute atomic E-state index is 0.122. The summed E-state index contributed by atoms with van der Waals surface area (Å²) in [6.07, 6.45) is 2.30. The molecule has 0 saturated heterocycles. The predicted molar refractivity (Wildman–Crippen MR) is 138 cm³/mol. The number of halogens is 1. The lowest BCUT2D eigenvalue weighted by Crippen LogP contribution is -2.22. The summed E-state index contributed by atoms with van der Waals surface area (Å²) >= 11 is 1.67. The van der Waals surface area contributed by atoms with E-state index in [1.165, 1.54) is 0 Å². The van der Waals surface area contributed by atoms with Crippen LogP contribution >= 0.6 is 31.3 Å². The fourth-order valence-electron chi connectivity index (χ4n) is 2.03. The van der Waals surface area contributed by atoms with Crippen molar-refractivity contribution < 1.29 is 22.5 Å². The average Bonchev–Trinajstić information content (AvgIpc) is 2.76. The number of nitrogens with zero attached hydrogens (tertiary/aromatic N) is 1. The normalized spacial score (nSPS) is 12.5. The maximum absolute atomic E-state index is 9.04. The lowest BCUT2D eigenvalue weighted by atomic mass is 10.1. The van der Waals surface area contributed by atoms with Gasteiger partial charge in [-0.1, -0.05) is 34.6 Å². The molecule has 0 amide bonds. The van der Waals surface area contributed by atoms with E-state index in [2.05, 4.69) is 54.3 Å². The molecule has 0 heterocycles. The van der Waals surface area contributed by atoms with E-state index in [0.29, 0.717) is 31.3 Å². The van der Waals surface area contributed by atoms with Crippen molar-refractivity contribution in [2.45, 2.75) is 79.4 Å². The summed E-state index contributed by atoms with van der Waals surface area (Å²) in [5.74, 6) is 0.132. The van der Waals surface area contributed by atoms with Crippen molar-refractivity contribution in [1.29, 1.82) is 5.26 Å². The standard InChI is InChI=1S/C10H22INO4.C9H19N2OP.C2H6/c1-2-12-5-7-14-6-3-4-10(8-13)9-15-16-11;1-8(2)11-13(9(3)4)12-7-5-6-10;1-2/h10,12-13H,2-9H2,1H3;8-9,11H,5,7H2,1-4H3;1-2H3. The molecule has 0 aliphatic carbocycles. The summed E-state index contributed by atoms with van der Waals surface area (Å²) in [6.45, 7) is 19.0. The Morgan fingerprint density at radius 1 is 1.13 bits per heavy atom. The average molecular weight is 580 g/mol. The van der Waals surface area contributed by atoms with Gasteiger partial charge in [0.1, 0.15) is 8.30 Å². The molecule has 188 valence electrons. The number of hydrogen-bond acceptors (Lipinski definition) is 8. The van der Waals surface area contributed by atoms with E-state index in [1.807, 2.05) is 13.8 Å². The van der Waals surface area contributed by atoms with Crippen LogP contribution < -0.4 is 10.4 Å². The Kier molecular flexibility index (Phi) is 35.2. The van der Waals surface area contributed by atoms with Crippen molar-refractivity contribution >= 4 is 31.3 Å². The maximum atomic E-state index is 9.04. The Balaban J connectivity index is -0.000000476. The first kappa shape index (κ1) is 35.9. The van der Waals surface area contributed by atoms with Crippen LogP contribution in [0.5, 0.6) is 0 Å². The Morgan fingerprint density at radius 2 is 1.81 bits per heavy atom. The second kappa shape index (κ2) is 30.4. The molecule has 2 unspecified atom stereocenters. The summed E-state index contributed by atoms with van der Waals surface area (Å²) in [4.78, 5) is 4.77. The zero-order chi connectivity index (χ0) is 24.3. The number of hydrogen-bond donors (Lipinski definition) is 3. The van der Waals surface area contributed by atoms with Gasteiger partial charge in [0.15, 0.2) is 23.0 Å². The first-order valence-corrected chi connectivity index (χ1v) is 13.5. The summed E-state index contributed by atoms with van der Waals surface area (Å²) in [5.41, 5.74) is 0.496. The number of nitriles is 1. The smallest absolute Gasteiger partial charge is 0.155 e. The molecule has 31 heavy (non-hydrogen) atoms. The minimum atomic E-state index is -0.572. The molecule has 0 aromatic rings. The molecule has 0 fully saturated rings. The van der Waals surface area contributed by atoms with E-state index < -0.39 is 8.30 Å². The van der Waals surface area contributed by atoms with Crippen LogP contribution in [0.3, 0.4) is 0 Å². The van der Waals surface area contributed by atoms with Gasteiger partial charge in [0.25, 0.3) is 0 Å². The van der Waals surface area contributed by atoms with Crippen molar-refractivity contribution in [3.8, 4) is 6.07 Å². The van der Waals surface area contributed by atoms with E-state index >= 15 is 0 Å². The van der Waals surface area contributed by atoms with Crippen molar-refractivity contribution in [2.24, 2.45) is 5.92 Å². The maximum Gasteiger partial charge on any atom is 0.155 e. The predicted octanol–water partition coefficient (Wildman–Crippen LogP) is 4.96. The highest BCUT2D eigenvalue weighted by Crippen LogP contribution is 2.38. The van der Waals surface area contributed by atoms with Crippen molar-refractivity contribution in [2.75, 3.05) is 46.1 Å². The first-order chi connectivity index (χ1) is 14.9. The molecular weight excluding hydrogens is 532 g/mol. The molecule has 0 spiro atoms. The second-order valence-corrected chi connectivity index (χ2v) is 9.51. The molecule has 0 saturated carbocycles. The summed E-state index contributed by atoms with van der Waals surface area (Å²) in [5, 5.41) is 23.9. The van der Waals surface area contributed by atoms with Gasteiger partial charge < -0.3 is 19.7 Å². The monoisotopic (exact) mass is 579 g/mol. The summed E-state index contributed by atoms with van der Waals surface area (Å²) in [7, 11) is -0.572. The molecule has 0 aliphatic rings. The molecule has 3 N–H and O–H groups in total. The Morgan fingerprint density at radius 3 is 2.29 bits per heavy atom. The third kappa shape index (κ3) is 30.4. The van der Waals surface area contributed by atoms with Crippen LogP contribution in [-0.4, -0.2) is 62.9 Å². The molecule has 2 atom stereocenters. The van der Waals surface area contributed by atoms with Gasteiger partial charge in [-0.3, -0.25) is 5.09 Å². The number of nitrogens with one attached hydrogen (secondary N) is 2. The molecule has 0 aromatic carbocycles. The van der Waals surface area contributed by atoms with Crippen molar-refractivity contribution in [3.05, 3.63) is 0 Å². The third-order valence-corrected chi connectivity index (χ3v) is 5.90. The van der Waals surface area contributed by atoms with E-state index in [9.17, 15) is 0 Å². The largest absolute Gasteiger partial charge is 0.396 e. The van der Waals surface area contributed by atoms with Gasteiger partial charge in [-0.15, -0.1) is 0 Å². The summed E-state index contributed by atoms with van der Waals surface area (Å²) < 4.78 is 15.5. The van der Waals surface area contributed by atoms with E-state index in [4.69, 9.17) is 24.5 Å². The van der Waals surface area contributed by atoms with Crippen LogP contribution in [0.2, 0.25) is 0 Å². The molecule has 0 bridgehead atoms. The molecule has 0 aliphatic heterocycles. The van der Waals surface area contributed by atoms with Crippen LogP contribution in [0.4, 0.5) is 0 Å². The number of ether oxygens (including phenoxy) is 1. The molecule has 0 rings (SSSR count). The fraction of sp³-hybridized carbons (Fsp3) is 0.952. The van der Waals surface area contributed by atoms with Gasteiger partial charge in [-0.25, -0.2) is 4.89 Å². The number of aliphatic hydroxyl groups is 1. The van der Waals surface area contributed by atoms with Crippen LogP contribution in [0, 0.1) is 17.2 Å².